The lowest BCUT2D eigenvalue weighted by molar-refractivity contribution is -0.108. The van der Waals surface area contributed by atoms with Crippen LogP contribution in [-0.4, -0.2) is 23.5 Å². The number of allylic oxidation sites excluding steroid dienone is 1. The Bertz CT molecular complexity index is 857. The number of hydrogen-bond acceptors (Lipinski definition) is 2. The summed E-state index contributed by atoms with van der Waals surface area (Å²) in [4.78, 5) is 0. The first kappa shape index (κ1) is 23.6. The number of ether oxygens (including phenoxy) is 1. The van der Waals surface area contributed by atoms with Gasteiger partial charge in [-0.05, 0) is 122 Å². The minimum absolute atomic E-state index is 0.284. The van der Waals surface area contributed by atoms with Crippen molar-refractivity contribution in [2.24, 2.45) is 51.8 Å². The molecule has 8 atom stereocenters. The highest BCUT2D eigenvalue weighted by molar-refractivity contribution is 5.14. The van der Waals surface area contributed by atoms with E-state index in [1.807, 2.05) is 13.3 Å². The van der Waals surface area contributed by atoms with Gasteiger partial charge in [0.25, 0.3) is 0 Å². The minimum atomic E-state index is 0.284. The summed E-state index contributed by atoms with van der Waals surface area (Å²) in [5.41, 5.74) is 2.43. The van der Waals surface area contributed by atoms with E-state index in [2.05, 4.69) is 56.3 Å². The van der Waals surface area contributed by atoms with Gasteiger partial charge in [-0.25, -0.2) is 0 Å². The van der Waals surface area contributed by atoms with E-state index < -0.39 is 0 Å². The Morgan fingerprint density at radius 2 is 1.85 bits per heavy atom. The zero-order chi connectivity index (χ0) is 23.4. The molecule has 1 aromatic heterocycles. The zero-order valence-corrected chi connectivity index (χ0v) is 22.0. The van der Waals surface area contributed by atoms with Gasteiger partial charge in [-0.2, -0.15) is 5.10 Å². The van der Waals surface area contributed by atoms with Gasteiger partial charge in [0.1, 0.15) is 0 Å². The molecule has 1 aromatic rings. The first-order valence-corrected chi connectivity index (χ1v) is 13.8. The highest BCUT2D eigenvalue weighted by Gasteiger charge is 2.61. The third-order valence-corrected chi connectivity index (χ3v) is 11.3. The van der Waals surface area contributed by atoms with Gasteiger partial charge >= 0.3 is 0 Å². The van der Waals surface area contributed by atoms with Crippen LogP contribution in [0.5, 0.6) is 0 Å². The van der Waals surface area contributed by atoms with Crippen LogP contribution >= 0.6 is 0 Å². The van der Waals surface area contributed by atoms with Crippen molar-refractivity contribution in [3.63, 3.8) is 0 Å². The highest BCUT2D eigenvalue weighted by atomic mass is 16.5. The molecule has 0 spiro atoms. The fraction of sp³-hybridized carbons (Fsp3) is 0.833. The molecular weight excluding hydrogens is 404 g/mol. The van der Waals surface area contributed by atoms with E-state index >= 15 is 0 Å². The molecule has 184 valence electrons. The number of methoxy groups -OCH3 is 1. The molecule has 5 rings (SSSR count). The van der Waals surface area contributed by atoms with Crippen LogP contribution in [-0.2, 0) is 11.3 Å². The molecule has 4 aliphatic rings. The number of aromatic nitrogens is 2. The lowest BCUT2D eigenvalue weighted by Gasteiger charge is -2.61. The second-order valence-corrected chi connectivity index (χ2v) is 13.5. The maximum atomic E-state index is 5.57. The van der Waals surface area contributed by atoms with Crippen LogP contribution in [0.1, 0.15) is 84.1 Å². The Kier molecular flexibility index (Phi) is 6.12. The summed E-state index contributed by atoms with van der Waals surface area (Å²) in [6.45, 7) is 16.3. The van der Waals surface area contributed by atoms with Gasteiger partial charge in [0.2, 0.25) is 0 Å². The molecule has 4 saturated carbocycles. The predicted molar refractivity (Wildman–Crippen MR) is 136 cm³/mol. The number of nitrogens with zero attached hydrogens (tertiary/aromatic N) is 2. The Balaban J connectivity index is 1.35. The molecule has 0 aliphatic heterocycles. The molecule has 0 aromatic carbocycles. The molecule has 3 heteroatoms. The van der Waals surface area contributed by atoms with Crippen molar-refractivity contribution in [2.45, 2.75) is 92.0 Å². The summed E-state index contributed by atoms with van der Waals surface area (Å²) in [6, 6.07) is 0. The van der Waals surface area contributed by atoms with Crippen molar-refractivity contribution in [1.29, 1.82) is 0 Å². The molecule has 0 radical (unpaired) electrons. The van der Waals surface area contributed by atoms with Crippen LogP contribution < -0.4 is 0 Å². The largest absolute Gasteiger partial charge is 0.384 e. The molecule has 4 fully saturated rings. The first-order chi connectivity index (χ1) is 15.7. The van der Waals surface area contributed by atoms with Gasteiger partial charge in [0.15, 0.2) is 0 Å². The summed E-state index contributed by atoms with van der Waals surface area (Å²) >= 11 is 0. The Morgan fingerprint density at radius 1 is 1.12 bits per heavy atom. The van der Waals surface area contributed by atoms with E-state index in [0.29, 0.717) is 10.8 Å². The lowest BCUT2D eigenvalue weighted by atomic mass is 9.44. The van der Waals surface area contributed by atoms with Crippen LogP contribution in [0.15, 0.2) is 25.0 Å². The molecule has 3 nitrogen and oxygen atoms in total. The predicted octanol–water partition coefficient (Wildman–Crippen LogP) is 7.31. The van der Waals surface area contributed by atoms with E-state index in [0.717, 1.165) is 48.7 Å². The SMILES string of the molecule is C=C[C@]12CC[C@@H]3C(CC[C@@]4(C)C3CC[C@@H]4C(C)(C)Cn3cc(C)cn3)[C@H]1CC[C@H](COC)C2. The molecule has 0 amide bonds. The molecule has 1 heterocycles. The molecule has 0 bridgehead atoms. The van der Waals surface area contributed by atoms with Crippen molar-refractivity contribution in [2.75, 3.05) is 13.7 Å². The quantitative estimate of drug-likeness (QED) is 0.423. The zero-order valence-electron chi connectivity index (χ0n) is 22.0. The molecule has 0 saturated heterocycles. The third kappa shape index (κ3) is 3.85. The van der Waals surface area contributed by atoms with Crippen LogP contribution in [0.4, 0.5) is 0 Å². The van der Waals surface area contributed by atoms with E-state index in [-0.39, 0.29) is 5.41 Å². The van der Waals surface area contributed by atoms with Crippen molar-refractivity contribution < 1.29 is 4.74 Å². The summed E-state index contributed by atoms with van der Waals surface area (Å²) in [6.07, 6.45) is 19.2. The van der Waals surface area contributed by atoms with Crippen molar-refractivity contribution in [3.05, 3.63) is 30.6 Å². The van der Waals surface area contributed by atoms with Gasteiger partial charge in [-0.1, -0.05) is 26.8 Å². The second-order valence-electron chi connectivity index (χ2n) is 13.5. The first-order valence-electron chi connectivity index (χ1n) is 13.8. The maximum absolute atomic E-state index is 5.57. The van der Waals surface area contributed by atoms with Crippen molar-refractivity contribution >= 4 is 0 Å². The Hall–Kier alpha value is -1.09. The van der Waals surface area contributed by atoms with Gasteiger partial charge in [-0.3, -0.25) is 4.68 Å². The summed E-state index contributed by atoms with van der Waals surface area (Å²) in [7, 11) is 1.87. The minimum Gasteiger partial charge on any atom is -0.384 e. The number of rotatable bonds is 6. The lowest BCUT2D eigenvalue weighted by Crippen LogP contribution is -2.53. The summed E-state index contributed by atoms with van der Waals surface area (Å²) < 4.78 is 7.78. The standard InChI is InChI=1S/C30H48N2O/c1-7-30-15-13-23-24(26(30)9-8-22(16-30)19-33-6)12-14-29(5)25(23)10-11-27(29)28(3,4)20-32-18-21(2)17-31-32/h7,17-18,22-27H,1,8-16,19-20H2,2-6H3/t22-,23+,24?,25?,26+,27+,29-,30+/m0/s1. The van der Waals surface area contributed by atoms with Crippen LogP contribution in [0.3, 0.4) is 0 Å². The van der Waals surface area contributed by atoms with Gasteiger partial charge in [0.05, 0.1) is 6.20 Å². The number of aryl methyl sites for hydroxylation is 1. The highest BCUT2D eigenvalue weighted by Crippen LogP contribution is 2.69. The molecular formula is C30H48N2O. The number of fused-ring (bicyclic) bond motifs is 5. The van der Waals surface area contributed by atoms with Gasteiger partial charge < -0.3 is 4.74 Å². The van der Waals surface area contributed by atoms with E-state index in [4.69, 9.17) is 4.74 Å². The fourth-order valence-electron chi connectivity index (χ4n) is 10.2. The van der Waals surface area contributed by atoms with Crippen LogP contribution in [0.2, 0.25) is 0 Å². The topological polar surface area (TPSA) is 27.1 Å². The smallest absolute Gasteiger partial charge is 0.0518 e. The maximum Gasteiger partial charge on any atom is 0.0518 e. The third-order valence-electron chi connectivity index (χ3n) is 11.3. The summed E-state index contributed by atoms with van der Waals surface area (Å²) in [5, 5.41) is 4.64. The van der Waals surface area contributed by atoms with Crippen molar-refractivity contribution in [3.8, 4) is 0 Å². The number of hydrogen-bond donors (Lipinski definition) is 0. The normalized spacial score (nSPS) is 42.9. The molecule has 2 unspecified atom stereocenters. The Morgan fingerprint density at radius 3 is 2.55 bits per heavy atom. The molecule has 4 aliphatic carbocycles. The van der Waals surface area contributed by atoms with Gasteiger partial charge in [-0.15, -0.1) is 6.58 Å². The monoisotopic (exact) mass is 452 g/mol. The average molecular weight is 453 g/mol. The van der Waals surface area contributed by atoms with Crippen LogP contribution in [0, 0.1) is 58.7 Å². The Labute approximate surface area is 202 Å². The van der Waals surface area contributed by atoms with E-state index in [1.165, 1.54) is 63.4 Å². The fourth-order valence-corrected chi connectivity index (χ4v) is 10.2. The molecule has 33 heavy (non-hydrogen) atoms. The van der Waals surface area contributed by atoms with Gasteiger partial charge in [0, 0.05) is 26.5 Å². The summed E-state index contributed by atoms with van der Waals surface area (Å²) in [5.74, 6) is 5.17. The van der Waals surface area contributed by atoms with Crippen molar-refractivity contribution in [1.82, 2.24) is 9.78 Å². The van der Waals surface area contributed by atoms with Crippen LogP contribution in [0.25, 0.3) is 0 Å². The van der Waals surface area contributed by atoms with E-state index in [9.17, 15) is 0 Å². The van der Waals surface area contributed by atoms with E-state index in [1.54, 1.807) is 0 Å². The molecule has 0 N–H and O–H groups in total. The average Bonchev–Trinajstić information content (AvgIpc) is 3.35. The second kappa shape index (κ2) is 8.54.